The summed E-state index contributed by atoms with van der Waals surface area (Å²) in [4.78, 5) is 22.8. The molecule has 0 radical (unpaired) electrons. The van der Waals surface area contributed by atoms with Gasteiger partial charge < -0.3 is 23.7 Å². The molecular weight excluding hydrogens is 304 g/mol. The molecule has 0 N–H and O–H groups in total. The van der Waals surface area contributed by atoms with Gasteiger partial charge in [-0.25, -0.2) is 9.59 Å². The van der Waals surface area contributed by atoms with Crippen LogP contribution >= 0.6 is 0 Å². The molecule has 0 atom stereocenters. The van der Waals surface area contributed by atoms with Gasteiger partial charge in [-0.3, -0.25) is 0 Å². The first-order chi connectivity index (χ1) is 11.2. The van der Waals surface area contributed by atoms with Crippen molar-refractivity contribution in [2.24, 2.45) is 0 Å². The standard InChI is InChI=1S/C16H26O7/c17-15(22-13-7-3-1-4-8-13)20-11-19-12-21-16(18)23-14-9-5-2-6-10-14/h13-14H,1-12H2. The fourth-order valence-corrected chi connectivity index (χ4v) is 2.92. The SMILES string of the molecule is O=C(OCOCOC(=O)OC1CCCCC1)OC1CCCCC1. The number of carbonyl (C=O) groups is 2. The number of carbonyl (C=O) groups excluding carboxylic acids is 2. The maximum Gasteiger partial charge on any atom is 0.510 e. The number of ether oxygens (including phenoxy) is 5. The average Bonchev–Trinajstić information content (AvgIpc) is 2.56. The molecule has 0 aliphatic heterocycles. The fraction of sp³-hybridized carbons (Fsp3) is 0.875. The largest absolute Gasteiger partial charge is 0.510 e. The Kier molecular flexibility index (Phi) is 8.00. The van der Waals surface area contributed by atoms with E-state index in [1.54, 1.807) is 0 Å². The molecule has 0 amide bonds. The van der Waals surface area contributed by atoms with Crippen molar-refractivity contribution in [3.63, 3.8) is 0 Å². The van der Waals surface area contributed by atoms with E-state index in [0.29, 0.717) is 0 Å². The Morgan fingerprint density at radius 1 is 0.652 bits per heavy atom. The molecule has 0 bridgehead atoms. The third-order valence-corrected chi connectivity index (χ3v) is 4.15. The van der Waals surface area contributed by atoms with Gasteiger partial charge in [-0.15, -0.1) is 0 Å². The molecule has 0 aromatic carbocycles. The molecule has 2 aliphatic carbocycles. The van der Waals surface area contributed by atoms with E-state index < -0.39 is 12.3 Å². The summed E-state index contributed by atoms with van der Waals surface area (Å²) in [7, 11) is 0. The summed E-state index contributed by atoms with van der Waals surface area (Å²) in [5, 5.41) is 0. The van der Waals surface area contributed by atoms with Gasteiger partial charge >= 0.3 is 12.3 Å². The van der Waals surface area contributed by atoms with Crippen molar-refractivity contribution in [3.05, 3.63) is 0 Å². The highest BCUT2D eigenvalue weighted by atomic mass is 16.8. The smallest absolute Gasteiger partial charge is 0.431 e. The van der Waals surface area contributed by atoms with Crippen LogP contribution in [0.5, 0.6) is 0 Å². The van der Waals surface area contributed by atoms with Gasteiger partial charge in [0.15, 0.2) is 13.6 Å². The van der Waals surface area contributed by atoms with E-state index in [9.17, 15) is 9.59 Å². The maximum absolute atomic E-state index is 11.4. The second-order valence-corrected chi connectivity index (χ2v) is 5.98. The predicted octanol–water partition coefficient (Wildman–Crippen LogP) is 3.89. The van der Waals surface area contributed by atoms with Crippen LogP contribution in [0, 0.1) is 0 Å². The summed E-state index contributed by atoms with van der Waals surface area (Å²) in [5.74, 6) is 0. The summed E-state index contributed by atoms with van der Waals surface area (Å²) in [6.07, 6.45) is 8.59. The zero-order valence-electron chi connectivity index (χ0n) is 13.5. The molecule has 2 rings (SSSR count). The zero-order valence-corrected chi connectivity index (χ0v) is 13.5. The van der Waals surface area contributed by atoms with Gasteiger partial charge in [-0.1, -0.05) is 12.8 Å². The monoisotopic (exact) mass is 330 g/mol. The van der Waals surface area contributed by atoms with Gasteiger partial charge in [-0.05, 0) is 51.4 Å². The van der Waals surface area contributed by atoms with Gasteiger partial charge in [0.25, 0.3) is 0 Å². The van der Waals surface area contributed by atoms with Crippen molar-refractivity contribution in [2.45, 2.75) is 76.4 Å². The molecule has 0 saturated heterocycles. The Morgan fingerprint density at radius 3 is 1.43 bits per heavy atom. The minimum absolute atomic E-state index is 0.0574. The first kappa shape index (κ1) is 17.8. The minimum atomic E-state index is -0.748. The summed E-state index contributed by atoms with van der Waals surface area (Å²) < 4.78 is 24.7. The van der Waals surface area contributed by atoms with Crippen LogP contribution in [-0.2, 0) is 23.7 Å². The fourth-order valence-electron chi connectivity index (χ4n) is 2.92. The van der Waals surface area contributed by atoms with E-state index in [2.05, 4.69) is 0 Å². The lowest BCUT2D eigenvalue weighted by atomic mass is 9.98. The summed E-state index contributed by atoms with van der Waals surface area (Å²) >= 11 is 0. The van der Waals surface area contributed by atoms with Crippen molar-refractivity contribution < 1.29 is 33.3 Å². The van der Waals surface area contributed by atoms with Crippen molar-refractivity contribution in [2.75, 3.05) is 13.6 Å². The van der Waals surface area contributed by atoms with E-state index in [-0.39, 0.29) is 25.8 Å². The molecule has 0 heterocycles. The molecule has 132 valence electrons. The first-order valence-corrected chi connectivity index (χ1v) is 8.48. The molecule has 2 fully saturated rings. The van der Waals surface area contributed by atoms with Crippen molar-refractivity contribution in [3.8, 4) is 0 Å². The molecule has 2 saturated carbocycles. The predicted molar refractivity (Wildman–Crippen MR) is 79.7 cm³/mol. The molecular formula is C16H26O7. The van der Waals surface area contributed by atoms with Crippen molar-refractivity contribution in [1.82, 2.24) is 0 Å². The third kappa shape index (κ3) is 7.54. The zero-order chi connectivity index (χ0) is 16.3. The molecule has 7 nitrogen and oxygen atoms in total. The van der Waals surface area contributed by atoms with E-state index >= 15 is 0 Å². The molecule has 0 aromatic heterocycles. The van der Waals surface area contributed by atoms with Crippen LogP contribution in [0.1, 0.15) is 64.2 Å². The van der Waals surface area contributed by atoms with Crippen LogP contribution in [0.25, 0.3) is 0 Å². The summed E-state index contributed by atoms with van der Waals surface area (Å²) in [5.41, 5.74) is 0. The van der Waals surface area contributed by atoms with Gasteiger partial charge in [0.05, 0.1) is 0 Å². The lowest BCUT2D eigenvalue weighted by molar-refractivity contribution is -0.116. The van der Waals surface area contributed by atoms with E-state index in [1.165, 1.54) is 12.8 Å². The van der Waals surface area contributed by atoms with E-state index in [1.807, 2.05) is 0 Å². The first-order valence-electron chi connectivity index (χ1n) is 8.48. The van der Waals surface area contributed by atoms with Crippen LogP contribution in [0.4, 0.5) is 9.59 Å². The Balaban J connectivity index is 1.45. The maximum atomic E-state index is 11.4. The van der Waals surface area contributed by atoms with E-state index in [4.69, 9.17) is 23.7 Å². The molecule has 0 spiro atoms. The summed E-state index contributed by atoms with van der Waals surface area (Å²) in [6.45, 7) is -0.634. The molecule has 7 heteroatoms. The Labute approximate surface area is 136 Å². The topological polar surface area (TPSA) is 80.3 Å². The molecule has 2 aliphatic rings. The Hall–Kier alpha value is -1.50. The van der Waals surface area contributed by atoms with Crippen LogP contribution in [0.2, 0.25) is 0 Å². The number of hydrogen-bond donors (Lipinski definition) is 0. The summed E-state index contributed by atoms with van der Waals surface area (Å²) in [6, 6.07) is 0. The normalized spacial score (nSPS) is 19.8. The highest BCUT2D eigenvalue weighted by Gasteiger charge is 2.19. The highest BCUT2D eigenvalue weighted by Crippen LogP contribution is 2.21. The molecule has 23 heavy (non-hydrogen) atoms. The average molecular weight is 330 g/mol. The molecule has 0 unspecified atom stereocenters. The quantitative estimate of drug-likeness (QED) is 0.415. The van der Waals surface area contributed by atoms with E-state index in [0.717, 1.165) is 51.4 Å². The highest BCUT2D eigenvalue weighted by molar-refractivity contribution is 5.60. The minimum Gasteiger partial charge on any atom is -0.431 e. The number of rotatable bonds is 6. The second-order valence-electron chi connectivity index (χ2n) is 5.98. The van der Waals surface area contributed by atoms with Gasteiger partial charge in [0.1, 0.15) is 12.2 Å². The van der Waals surface area contributed by atoms with Gasteiger partial charge in [0.2, 0.25) is 0 Å². The van der Waals surface area contributed by atoms with Crippen molar-refractivity contribution >= 4 is 12.3 Å². The Morgan fingerprint density at radius 2 is 1.04 bits per heavy atom. The second kappa shape index (κ2) is 10.3. The van der Waals surface area contributed by atoms with Gasteiger partial charge in [-0.2, -0.15) is 0 Å². The molecule has 0 aromatic rings. The van der Waals surface area contributed by atoms with Crippen molar-refractivity contribution in [1.29, 1.82) is 0 Å². The lowest BCUT2D eigenvalue weighted by Gasteiger charge is -2.21. The third-order valence-electron chi connectivity index (χ3n) is 4.15. The van der Waals surface area contributed by atoms with Gasteiger partial charge in [0, 0.05) is 0 Å². The number of hydrogen-bond acceptors (Lipinski definition) is 7. The Bertz CT molecular complexity index is 325. The van der Waals surface area contributed by atoms with Crippen LogP contribution < -0.4 is 0 Å². The van der Waals surface area contributed by atoms with Crippen LogP contribution in [0.3, 0.4) is 0 Å². The lowest BCUT2D eigenvalue weighted by Crippen LogP contribution is -2.23. The van der Waals surface area contributed by atoms with Crippen LogP contribution in [0.15, 0.2) is 0 Å². The van der Waals surface area contributed by atoms with Crippen LogP contribution in [-0.4, -0.2) is 38.1 Å².